The number of para-hydroxylation sites is 1. The number of rotatable bonds is 4. The van der Waals surface area contributed by atoms with Crippen molar-refractivity contribution in [2.24, 2.45) is 0 Å². The molecule has 58 heavy (non-hydrogen) atoms. The molecule has 0 bridgehead atoms. The quantitative estimate of drug-likeness (QED) is 0.167. The third-order valence-corrected chi connectivity index (χ3v) is 12.6. The Morgan fingerprint density at radius 3 is 1.62 bits per heavy atom. The smallest absolute Gasteiger partial charge is 0.136 e. The van der Waals surface area contributed by atoms with Gasteiger partial charge < -0.3 is 9.32 Å². The maximum absolute atomic E-state index is 6.76. The first-order valence-electron chi connectivity index (χ1n) is 20.0. The molecule has 13 rings (SSSR count). The molecule has 1 heterocycles. The number of hydrogen-bond donors (Lipinski definition) is 0. The van der Waals surface area contributed by atoms with E-state index in [1.807, 2.05) is 0 Å². The summed E-state index contributed by atoms with van der Waals surface area (Å²) in [5.41, 5.74) is 7.61. The van der Waals surface area contributed by atoms with Gasteiger partial charge in [-0.3, -0.25) is 0 Å². The number of anilines is 3. The van der Waals surface area contributed by atoms with Gasteiger partial charge in [0.05, 0.1) is 11.4 Å². The van der Waals surface area contributed by atoms with Crippen molar-refractivity contribution in [3.8, 4) is 11.1 Å². The summed E-state index contributed by atoms with van der Waals surface area (Å²) >= 11 is 0. The van der Waals surface area contributed by atoms with Gasteiger partial charge in [-0.15, -0.1) is 0 Å². The molecule has 0 amide bonds. The highest BCUT2D eigenvalue weighted by molar-refractivity contribution is 6.30. The minimum atomic E-state index is 0.901. The molecular weight excluding hydrogens is 703 g/mol. The molecule has 268 valence electrons. The van der Waals surface area contributed by atoms with Crippen LogP contribution in [0, 0.1) is 0 Å². The lowest BCUT2D eigenvalue weighted by atomic mass is 9.89. The third kappa shape index (κ3) is 4.43. The van der Waals surface area contributed by atoms with Crippen molar-refractivity contribution in [1.82, 2.24) is 0 Å². The molecule has 0 fully saturated rings. The topological polar surface area (TPSA) is 16.4 Å². The van der Waals surface area contributed by atoms with Gasteiger partial charge in [-0.25, -0.2) is 0 Å². The maximum atomic E-state index is 6.76. The summed E-state index contributed by atoms with van der Waals surface area (Å²) in [5.74, 6) is 0. The maximum Gasteiger partial charge on any atom is 0.136 e. The summed E-state index contributed by atoms with van der Waals surface area (Å²) in [4.78, 5) is 2.43. The first kappa shape index (κ1) is 31.5. The minimum Gasteiger partial charge on any atom is -0.456 e. The fourth-order valence-corrected chi connectivity index (χ4v) is 9.96. The van der Waals surface area contributed by atoms with Crippen molar-refractivity contribution in [2.75, 3.05) is 4.90 Å². The second kappa shape index (κ2) is 11.9. The Labute approximate surface area is 333 Å². The van der Waals surface area contributed by atoms with Crippen LogP contribution in [0.25, 0.3) is 108 Å². The van der Waals surface area contributed by atoms with Crippen LogP contribution < -0.4 is 4.90 Å². The minimum absolute atomic E-state index is 0.901. The molecule has 0 aliphatic carbocycles. The van der Waals surface area contributed by atoms with Gasteiger partial charge in [-0.1, -0.05) is 152 Å². The SMILES string of the molecule is c1ccc(N(c2cccc3ccccc23)c2ccc3ccc4c(-c5ccc6c(c5)oc5cc7c8ccccc8c8ccccc8c7cc56)ccc5ccc2c3c54)cc1. The first-order chi connectivity index (χ1) is 28.8. The van der Waals surface area contributed by atoms with Gasteiger partial charge >= 0.3 is 0 Å². The predicted molar refractivity (Wildman–Crippen MR) is 248 cm³/mol. The number of nitrogens with zero attached hydrogens (tertiary/aromatic N) is 1. The summed E-state index contributed by atoms with van der Waals surface area (Å²) in [6, 6.07) is 73.3. The average molecular weight is 736 g/mol. The highest BCUT2D eigenvalue weighted by Gasteiger charge is 2.21. The molecule has 2 heteroatoms. The van der Waals surface area contributed by atoms with Crippen LogP contribution in [0.3, 0.4) is 0 Å². The Kier molecular flexibility index (Phi) is 6.47. The van der Waals surface area contributed by atoms with Crippen molar-refractivity contribution in [3.05, 3.63) is 200 Å². The molecule has 0 aliphatic heterocycles. The zero-order valence-electron chi connectivity index (χ0n) is 31.4. The number of hydrogen-bond acceptors (Lipinski definition) is 2. The predicted octanol–water partition coefficient (Wildman–Crippen LogP) is 16.2. The largest absolute Gasteiger partial charge is 0.456 e. The highest BCUT2D eigenvalue weighted by Crippen LogP contribution is 2.47. The number of fused-ring (bicyclic) bond motifs is 10. The van der Waals surface area contributed by atoms with E-state index in [-0.39, 0.29) is 0 Å². The normalized spacial score (nSPS) is 12.1. The summed E-state index contributed by atoms with van der Waals surface area (Å²) < 4.78 is 6.76. The molecule has 1 aromatic heterocycles. The molecule has 2 nitrogen and oxygen atoms in total. The van der Waals surface area contributed by atoms with Crippen LogP contribution in [0.4, 0.5) is 17.1 Å². The summed E-state index contributed by atoms with van der Waals surface area (Å²) in [7, 11) is 0. The first-order valence-corrected chi connectivity index (χ1v) is 20.0. The van der Waals surface area contributed by atoms with Crippen molar-refractivity contribution in [3.63, 3.8) is 0 Å². The fourth-order valence-electron chi connectivity index (χ4n) is 9.96. The zero-order valence-corrected chi connectivity index (χ0v) is 31.4. The number of benzene rings is 12. The molecule has 0 saturated heterocycles. The molecule has 0 radical (unpaired) electrons. The van der Waals surface area contributed by atoms with Crippen LogP contribution in [-0.4, -0.2) is 0 Å². The second-order valence-corrected chi connectivity index (χ2v) is 15.6. The van der Waals surface area contributed by atoms with E-state index < -0.39 is 0 Å². The van der Waals surface area contributed by atoms with Crippen molar-refractivity contribution in [2.45, 2.75) is 0 Å². The van der Waals surface area contributed by atoms with Gasteiger partial charge in [-0.2, -0.15) is 0 Å². The Hall–Kier alpha value is -7.68. The molecule has 0 saturated carbocycles. The van der Waals surface area contributed by atoms with Crippen LogP contribution >= 0.6 is 0 Å². The molecule has 0 unspecified atom stereocenters. The summed E-state index contributed by atoms with van der Waals surface area (Å²) in [6.45, 7) is 0. The lowest BCUT2D eigenvalue weighted by molar-refractivity contribution is 0.669. The van der Waals surface area contributed by atoms with E-state index in [1.165, 1.54) is 81.0 Å². The lowest BCUT2D eigenvalue weighted by Gasteiger charge is -2.29. The summed E-state index contributed by atoms with van der Waals surface area (Å²) in [5, 5.41) is 19.8. The van der Waals surface area contributed by atoms with Crippen LogP contribution in [0.15, 0.2) is 205 Å². The van der Waals surface area contributed by atoms with Gasteiger partial charge in [-0.05, 0) is 124 Å². The number of furan rings is 1. The van der Waals surface area contributed by atoms with E-state index >= 15 is 0 Å². The molecular formula is C56H33NO. The standard InChI is InChI=1S/C56H33NO/c1-2-13-38(14-3-1)57(51-20-10-12-34-11-4-5-15-40(34)51)52-30-25-36-22-28-46-39(26-21-35-23-29-47(52)56(36)55(35)46)37-24-27-45-50-32-48-43-18-8-6-16-41(43)42-17-7-9-19-44(42)49(48)33-54(50)58-53(45)31-37/h1-33H. The van der Waals surface area contributed by atoms with Gasteiger partial charge in [0.15, 0.2) is 0 Å². The fraction of sp³-hybridized carbons (Fsp3) is 0. The summed E-state index contributed by atoms with van der Waals surface area (Å²) in [6.07, 6.45) is 0. The van der Waals surface area contributed by atoms with Crippen molar-refractivity contribution in [1.29, 1.82) is 0 Å². The van der Waals surface area contributed by atoms with E-state index in [9.17, 15) is 0 Å². The van der Waals surface area contributed by atoms with E-state index in [0.29, 0.717) is 0 Å². The second-order valence-electron chi connectivity index (χ2n) is 15.6. The molecule has 12 aromatic carbocycles. The van der Waals surface area contributed by atoms with Crippen LogP contribution in [0.1, 0.15) is 0 Å². The average Bonchev–Trinajstić information content (AvgIpc) is 3.65. The molecule has 0 aliphatic rings. The van der Waals surface area contributed by atoms with E-state index in [0.717, 1.165) is 44.6 Å². The highest BCUT2D eigenvalue weighted by atomic mass is 16.3. The van der Waals surface area contributed by atoms with Crippen molar-refractivity contribution >= 4 is 114 Å². The van der Waals surface area contributed by atoms with Crippen LogP contribution in [0.2, 0.25) is 0 Å². The Morgan fingerprint density at radius 1 is 0.293 bits per heavy atom. The van der Waals surface area contributed by atoms with Crippen LogP contribution in [0.5, 0.6) is 0 Å². The van der Waals surface area contributed by atoms with Crippen LogP contribution in [-0.2, 0) is 0 Å². The van der Waals surface area contributed by atoms with E-state index in [4.69, 9.17) is 4.42 Å². The van der Waals surface area contributed by atoms with Gasteiger partial charge in [0.1, 0.15) is 11.2 Å². The Bertz CT molecular complexity index is 3800. The Morgan fingerprint density at radius 2 is 0.845 bits per heavy atom. The van der Waals surface area contributed by atoms with E-state index in [2.05, 4.69) is 205 Å². The van der Waals surface area contributed by atoms with Gasteiger partial charge in [0.25, 0.3) is 0 Å². The molecule has 0 N–H and O–H groups in total. The molecule has 13 aromatic rings. The van der Waals surface area contributed by atoms with Gasteiger partial charge in [0.2, 0.25) is 0 Å². The third-order valence-electron chi connectivity index (χ3n) is 12.6. The molecule has 0 atom stereocenters. The van der Waals surface area contributed by atoms with Gasteiger partial charge in [0, 0.05) is 27.2 Å². The zero-order chi connectivity index (χ0) is 37.9. The lowest BCUT2D eigenvalue weighted by Crippen LogP contribution is -2.11. The molecule has 0 spiro atoms. The van der Waals surface area contributed by atoms with Crippen molar-refractivity contribution < 1.29 is 4.42 Å². The van der Waals surface area contributed by atoms with E-state index in [1.54, 1.807) is 0 Å². The monoisotopic (exact) mass is 735 g/mol. The Balaban J connectivity index is 1.02.